The second-order valence-corrected chi connectivity index (χ2v) is 6.22. The van der Waals surface area contributed by atoms with Crippen LogP contribution in [0.15, 0.2) is 0 Å². The Hall–Kier alpha value is -0.120. The summed E-state index contributed by atoms with van der Waals surface area (Å²) in [5, 5.41) is 3.49. The van der Waals surface area contributed by atoms with Crippen LogP contribution in [0.25, 0.3) is 0 Å². The summed E-state index contributed by atoms with van der Waals surface area (Å²) in [4.78, 5) is 2.62. The number of rotatable bonds is 3. The van der Waals surface area contributed by atoms with Crippen LogP contribution in [0.2, 0.25) is 0 Å². The molecule has 2 heterocycles. The molecule has 2 saturated heterocycles. The largest absolute Gasteiger partial charge is 0.377 e. The van der Waals surface area contributed by atoms with Crippen molar-refractivity contribution in [2.45, 2.75) is 38.7 Å². The average Bonchev–Trinajstić information content (AvgIpc) is 2.32. The van der Waals surface area contributed by atoms with E-state index in [1.54, 1.807) is 0 Å². The van der Waals surface area contributed by atoms with E-state index in [1.807, 2.05) is 7.11 Å². The van der Waals surface area contributed by atoms with E-state index in [1.165, 1.54) is 45.4 Å². The molecule has 2 aliphatic heterocycles. The van der Waals surface area contributed by atoms with Gasteiger partial charge >= 0.3 is 0 Å². The molecule has 0 amide bonds. The summed E-state index contributed by atoms with van der Waals surface area (Å²) in [5.41, 5.74) is 0.0917. The van der Waals surface area contributed by atoms with Crippen LogP contribution in [-0.2, 0) is 4.74 Å². The molecule has 0 aliphatic carbocycles. The Morgan fingerprint density at radius 2 is 2.29 bits per heavy atom. The fraction of sp³-hybridized carbons (Fsp3) is 1.00. The number of ether oxygens (including phenoxy) is 1. The third-order valence-corrected chi connectivity index (χ3v) is 4.69. The van der Waals surface area contributed by atoms with E-state index in [9.17, 15) is 0 Å². The van der Waals surface area contributed by atoms with Gasteiger partial charge in [-0.15, -0.1) is 0 Å². The van der Waals surface area contributed by atoms with Crippen molar-refractivity contribution in [2.24, 2.45) is 11.8 Å². The van der Waals surface area contributed by atoms with Crippen molar-refractivity contribution < 1.29 is 4.74 Å². The van der Waals surface area contributed by atoms with Crippen LogP contribution in [0.1, 0.15) is 33.1 Å². The van der Waals surface area contributed by atoms with E-state index in [0.29, 0.717) is 0 Å². The zero-order chi connectivity index (χ0) is 12.3. The topological polar surface area (TPSA) is 24.5 Å². The number of nitrogens with zero attached hydrogens (tertiary/aromatic N) is 1. The highest BCUT2D eigenvalue weighted by Gasteiger charge is 2.32. The molecular weight excluding hydrogens is 212 g/mol. The third-order valence-electron chi connectivity index (χ3n) is 4.69. The van der Waals surface area contributed by atoms with E-state index < -0.39 is 0 Å². The lowest BCUT2D eigenvalue weighted by molar-refractivity contribution is -0.0559. The molecule has 0 aromatic heterocycles. The first-order chi connectivity index (χ1) is 8.13. The van der Waals surface area contributed by atoms with Gasteiger partial charge in [0.2, 0.25) is 0 Å². The standard InChI is InChI=1S/C14H28N2O/c1-12-9-15-7-5-13(12)10-16-8-4-6-14(2,11-16)17-3/h12-13,15H,4-11H2,1-3H3. The van der Waals surface area contributed by atoms with Gasteiger partial charge in [-0.25, -0.2) is 0 Å². The number of piperidine rings is 2. The van der Waals surface area contributed by atoms with Gasteiger partial charge in [0.15, 0.2) is 0 Å². The van der Waals surface area contributed by atoms with Gasteiger partial charge in [-0.05, 0) is 57.7 Å². The molecule has 3 atom stereocenters. The van der Waals surface area contributed by atoms with E-state index >= 15 is 0 Å². The van der Waals surface area contributed by atoms with Crippen molar-refractivity contribution in [1.29, 1.82) is 0 Å². The molecule has 2 fully saturated rings. The van der Waals surface area contributed by atoms with Gasteiger partial charge in [0, 0.05) is 20.2 Å². The molecule has 2 aliphatic rings. The number of hydrogen-bond acceptors (Lipinski definition) is 3. The molecule has 100 valence electrons. The molecule has 1 N–H and O–H groups in total. The average molecular weight is 240 g/mol. The first-order valence-electron chi connectivity index (χ1n) is 7.11. The highest BCUT2D eigenvalue weighted by atomic mass is 16.5. The monoisotopic (exact) mass is 240 g/mol. The van der Waals surface area contributed by atoms with Crippen LogP contribution in [0.3, 0.4) is 0 Å². The number of hydrogen-bond donors (Lipinski definition) is 1. The maximum atomic E-state index is 5.67. The summed E-state index contributed by atoms with van der Waals surface area (Å²) in [6, 6.07) is 0. The zero-order valence-corrected chi connectivity index (χ0v) is 11.7. The second-order valence-electron chi connectivity index (χ2n) is 6.22. The second kappa shape index (κ2) is 5.68. The predicted molar refractivity (Wildman–Crippen MR) is 71.2 cm³/mol. The lowest BCUT2D eigenvalue weighted by atomic mass is 9.86. The number of likely N-dealkylation sites (tertiary alicyclic amines) is 1. The molecule has 0 bridgehead atoms. The van der Waals surface area contributed by atoms with Gasteiger partial charge in [-0.3, -0.25) is 0 Å². The molecular formula is C14H28N2O. The number of methoxy groups -OCH3 is 1. The van der Waals surface area contributed by atoms with E-state index in [0.717, 1.165) is 18.4 Å². The van der Waals surface area contributed by atoms with Crippen molar-refractivity contribution in [3.63, 3.8) is 0 Å². The highest BCUT2D eigenvalue weighted by molar-refractivity contribution is 4.87. The molecule has 0 saturated carbocycles. The maximum absolute atomic E-state index is 5.67. The van der Waals surface area contributed by atoms with E-state index in [2.05, 4.69) is 24.1 Å². The van der Waals surface area contributed by atoms with Crippen LogP contribution in [-0.4, -0.2) is 50.3 Å². The Balaban J connectivity index is 1.85. The van der Waals surface area contributed by atoms with Crippen LogP contribution < -0.4 is 5.32 Å². The fourth-order valence-electron chi connectivity index (χ4n) is 3.30. The molecule has 0 aromatic rings. The van der Waals surface area contributed by atoms with Crippen molar-refractivity contribution in [3.05, 3.63) is 0 Å². The van der Waals surface area contributed by atoms with Crippen LogP contribution >= 0.6 is 0 Å². The first kappa shape index (κ1) is 13.3. The quantitative estimate of drug-likeness (QED) is 0.813. The van der Waals surface area contributed by atoms with Gasteiger partial charge in [0.1, 0.15) is 0 Å². The van der Waals surface area contributed by atoms with Gasteiger partial charge in [0.05, 0.1) is 5.60 Å². The van der Waals surface area contributed by atoms with Crippen molar-refractivity contribution in [2.75, 3.05) is 39.8 Å². The summed E-state index contributed by atoms with van der Waals surface area (Å²) in [6.07, 6.45) is 3.83. The lowest BCUT2D eigenvalue weighted by Gasteiger charge is -2.42. The molecule has 3 heteroatoms. The Labute approximate surface area is 106 Å². The minimum absolute atomic E-state index is 0.0917. The molecule has 2 rings (SSSR count). The summed E-state index contributed by atoms with van der Waals surface area (Å²) in [6.45, 7) is 10.7. The Bertz CT molecular complexity index is 246. The van der Waals surface area contributed by atoms with Gasteiger partial charge in [0.25, 0.3) is 0 Å². The van der Waals surface area contributed by atoms with Crippen LogP contribution in [0.5, 0.6) is 0 Å². The SMILES string of the molecule is COC1(C)CCCN(CC2CCNCC2C)C1. The summed E-state index contributed by atoms with van der Waals surface area (Å²) in [5.74, 6) is 1.69. The van der Waals surface area contributed by atoms with Crippen LogP contribution in [0, 0.1) is 11.8 Å². The Morgan fingerprint density at radius 1 is 1.47 bits per heavy atom. The summed E-state index contributed by atoms with van der Waals surface area (Å²) >= 11 is 0. The van der Waals surface area contributed by atoms with Crippen molar-refractivity contribution >= 4 is 0 Å². The smallest absolute Gasteiger partial charge is 0.0777 e. The normalized spacial score (nSPS) is 40.4. The minimum atomic E-state index is 0.0917. The van der Waals surface area contributed by atoms with Gasteiger partial charge < -0.3 is 15.0 Å². The number of nitrogens with one attached hydrogen (secondary N) is 1. The van der Waals surface area contributed by atoms with E-state index in [-0.39, 0.29) is 5.60 Å². The Kier molecular flexibility index (Phi) is 4.45. The first-order valence-corrected chi connectivity index (χ1v) is 7.11. The summed E-state index contributed by atoms with van der Waals surface area (Å²) < 4.78 is 5.67. The fourth-order valence-corrected chi connectivity index (χ4v) is 3.30. The molecule has 3 unspecified atom stereocenters. The zero-order valence-electron chi connectivity index (χ0n) is 11.7. The summed E-state index contributed by atoms with van der Waals surface area (Å²) in [7, 11) is 1.86. The third kappa shape index (κ3) is 3.43. The Morgan fingerprint density at radius 3 is 3.00 bits per heavy atom. The lowest BCUT2D eigenvalue weighted by Crippen LogP contribution is -2.50. The molecule has 0 aromatic carbocycles. The maximum Gasteiger partial charge on any atom is 0.0777 e. The van der Waals surface area contributed by atoms with Crippen molar-refractivity contribution in [1.82, 2.24) is 10.2 Å². The molecule has 17 heavy (non-hydrogen) atoms. The molecule has 0 spiro atoms. The van der Waals surface area contributed by atoms with E-state index in [4.69, 9.17) is 4.74 Å². The predicted octanol–water partition coefficient (Wildman–Crippen LogP) is 1.73. The van der Waals surface area contributed by atoms with Crippen LogP contribution in [0.4, 0.5) is 0 Å². The highest BCUT2D eigenvalue weighted by Crippen LogP contribution is 2.27. The molecule has 3 nitrogen and oxygen atoms in total. The van der Waals surface area contributed by atoms with Gasteiger partial charge in [-0.1, -0.05) is 6.92 Å². The van der Waals surface area contributed by atoms with Gasteiger partial charge in [-0.2, -0.15) is 0 Å². The molecule has 0 radical (unpaired) electrons. The van der Waals surface area contributed by atoms with Crippen molar-refractivity contribution in [3.8, 4) is 0 Å². The minimum Gasteiger partial charge on any atom is -0.377 e.